The molecule has 0 radical (unpaired) electrons. The van der Waals surface area contributed by atoms with Crippen molar-refractivity contribution in [3.63, 3.8) is 0 Å². The quantitative estimate of drug-likeness (QED) is 0.555. The highest BCUT2D eigenvalue weighted by Gasteiger charge is 2.29. The van der Waals surface area contributed by atoms with E-state index in [4.69, 9.17) is 15.5 Å². The Morgan fingerprint density at radius 2 is 2.00 bits per heavy atom. The number of piperidine rings is 1. The number of aliphatic imine (C=N–C) groups is 1. The average molecular weight is 451 g/mol. The number of hydrogen-bond acceptors (Lipinski definition) is 6. The van der Waals surface area contributed by atoms with Crippen LogP contribution < -0.4 is 15.4 Å². The third kappa shape index (κ3) is 4.35. The van der Waals surface area contributed by atoms with Gasteiger partial charge in [-0.1, -0.05) is 6.08 Å². The van der Waals surface area contributed by atoms with Gasteiger partial charge in [0.15, 0.2) is 17.2 Å². The molecule has 3 aromatic rings. The minimum atomic E-state index is -0.483. The zero-order chi connectivity index (χ0) is 23.8. The molecule has 1 saturated heterocycles. The summed E-state index contributed by atoms with van der Waals surface area (Å²) >= 11 is 0. The van der Waals surface area contributed by atoms with Crippen molar-refractivity contribution >= 4 is 29.3 Å². The van der Waals surface area contributed by atoms with Gasteiger partial charge in [0.2, 0.25) is 0 Å². The second-order valence-corrected chi connectivity index (χ2v) is 9.09. The van der Waals surface area contributed by atoms with Gasteiger partial charge in [0.05, 0.1) is 37.1 Å². The number of methoxy groups -OCH3 is 1. The number of anilines is 1. The summed E-state index contributed by atoms with van der Waals surface area (Å²) in [6.07, 6.45) is 9.71. The van der Waals surface area contributed by atoms with Crippen LogP contribution >= 0.6 is 0 Å². The van der Waals surface area contributed by atoms with E-state index in [1.54, 1.807) is 16.8 Å². The molecule has 174 valence electrons. The van der Waals surface area contributed by atoms with E-state index in [0.717, 1.165) is 42.8 Å². The third-order valence-corrected chi connectivity index (χ3v) is 6.56. The first-order valence-corrected chi connectivity index (χ1v) is 11.1. The number of halogens is 1. The fourth-order valence-corrected chi connectivity index (χ4v) is 4.60. The molecule has 2 N–H and O–H groups in total. The number of aromatic nitrogens is 3. The number of hydrogen-bond donors (Lipinski definition) is 1. The molecule has 0 atom stereocenters. The van der Waals surface area contributed by atoms with Gasteiger partial charge in [-0.3, -0.25) is 4.99 Å². The lowest BCUT2D eigenvalue weighted by atomic mass is 9.81. The second-order valence-electron chi connectivity index (χ2n) is 9.09. The van der Waals surface area contributed by atoms with Crippen molar-refractivity contribution in [3.05, 3.63) is 53.7 Å². The Morgan fingerprint density at radius 1 is 1.27 bits per heavy atom. The van der Waals surface area contributed by atoms with E-state index >= 15 is 0 Å². The Hall–Kier alpha value is -3.26. The van der Waals surface area contributed by atoms with Gasteiger partial charge in [-0.15, -0.1) is 0 Å². The van der Waals surface area contributed by atoms with Crippen LogP contribution in [0.25, 0.3) is 11.2 Å². The summed E-state index contributed by atoms with van der Waals surface area (Å²) in [5.41, 5.74) is 10.7. The van der Waals surface area contributed by atoms with E-state index in [9.17, 15) is 4.39 Å². The van der Waals surface area contributed by atoms with E-state index in [1.807, 2.05) is 25.4 Å². The number of ether oxygens (including phenoxy) is 1. The molecule has 0 spiro atoms. The lowest BCUT2D eigenvalue weighted by molar-refractivity contribution is 0.265. The highest BCUT2D eigenvalue weighted by molar-refractivity contribution is 5.90. The Labute approximate surface area is 193 Å². The van der Waals surface area contributed by atoms with Crippen molar-refractivity contribution in [3.8, 4) is 5.75 Å². The summed E-state index contributed by atoms with van der Waals surface area (Å²) < 4.78 is 21.2. The largest absolute Gasteiger partial charge is 0.494 e. The highest BCUT2D eigenvalue weighted by Crippen LogP contribution is 2.37. The van der Waals surface area contributed by atoms with Crippen molar-refractivity contribution in [2.45, 2.75) is 39.2 Å². The summed E-state index contributed by atoms with van der Waals surface area (Å²) in [4.78, 5) is 11.1. The Kier molecular flexibility index (Phi) is 6.21. The van der Waals surface area contributed by atoms with Crippen LogP contribution in [0.4, 0.5) is 15.8 Å². The number of rotatable bonds is 6. The Bertz CT molecular complexity index is 1200. The van der Waals surface area contributed by atoms with Crippen LogP contribution in [0.3, 0.4) is 0 Å². The summed E-state index contributed by atoms with van der Waals surface area (Å²) in [6, 6.07) is 2.96. The standard InChI is InChI=1S/C25H31FN6O/c1-6-18(19-11-23(33-5)21(26)12-22(19)28-4)20-14-30-32-15-17(13-29-24(20)32)31-9-7-16(8-10-31)25(2,3)27/h6,11-16H,4,7-10,27H2,1-3,5H3/b18-6+. The van der Waals surface area contributed by atoms with Gasteiger partial charge >= 0.3 is 0 Å². The number of nitrogens with two attached hydrogens (primary N) is 1. The average Bonchev–Trinajstić information content (AvgIpc) is 3.22. The molecule has 1 fully saturated rings. The van der Waals surface area contributed by atoms with Crippen molar-refractivity contribution in [2.24, 2.45) is 16.6 Å². The summed E-state index contributed by atoms with van der Waals surface area (Å²) in [6.45, 7) is 11.6. The molecule has 0 bridgehead atoms. The zero-order valence-corrected chi connectivity index (χ0v) is 19.7. The summed E-state index contributed by atoms with van der Waals surface area (Å²) in [5, 5.41) is 4.55. The van der Waals surface area contributed by atoms with Crippen molar-refractivity contribution in [1.29, 1.82) is 0 Å². The topological polar surface area (TPSA) is 81.0 Å². The van der Waals surface area contributed by atoms with Crippen molar-refractivity contribution in [1.82, 2.24) is 14.6 Å². The Morgan fingerprint density at radius 3 is 2.61 bits per heavy atom. The fraction of sp³-hybridized carbons (Fsp3) is 0.400. The van der Waals surface area contributed by atoms with Crippen LogP contribution in [-0.2, 0) is 0 Å². The maximum atomic E-state index is 14.2. The van der Waals surface area contributed by atoms with Crippen molar-refractivity contribution in [2.75, 3.05) is 25.1 Å². The van der Waals surface area contributed by atoms with Gasteiger partial charge < -0.3 is 15.4 Å². The van der Waals surface area contributed by atoms with E-state index in [-0.39, 0.29) is 11.3 Å². The first-order chi connectivity index (χ1) is 15.8. The van der Waals surface area contributed by atoms with Gasteiger partial charge in [-0.25, -0.2) is 13.9 Å². The van der Waals surface area contributed by atoms with Gasteiger partial charge in [-0.05, 0) is 57.9 Å². The molecule has 4 rings (SSSR count). The van der Waals surface area contributed by atoms with Crippen molar-refractivity contribution < 1.29 is 9.13 Å². The van der Waals surface area contributed by atoms with E-state index in [0.29, 0.717) is 22.8 Å². The minimum absolute atomic E-state index is 0.146. The fourth-order valence-electron chi connectivity index (χ4n) is 4.60. The molecule has 3 heterocycles. The minimum Gasteiger partial charge on any atom is -0.494 e. The predicted molar refractivity (Wildman–Crippen MR) is 131 cm³/mol. The van der Waals surface area contributed by atoms with Crippen LogP contribution in [0.5, 0.6) is 5.75 Å². The van der Waals surface area contributed by atoms with E-state index in [1.165, 1.54) is 13.2 Å². The van der Waals surface area contributed by atoms with Gasteiger partial charge in [0, 0.05) is 35.8 Å². The van der Waals surface area contributed by atoms with Gasteiger partial charge in [-0.2, -0.15) is 5.10 Å². The number of allylic oxidation sites excluding steroid dienone is 1. The van der Waals surface area contributed by atoms with E-state index in [2.05, 4.69) is 35.6 Å². The molecule has 33 heavy (non-hydrogen) atoms. The van der Waals surface area contributed by atoms with Crippen LogP contribution in [0.15, 0.2) is 41.8 Å². The molecule has 1 aliphatic rings. The SMILES string of the molecule is C=Nc1cc(F)c(OC)cc1/C(=C\C)c1cnn2cc(N3CCC(C(C)(C)N)CC3)cnc12. The predicted octanol–water partition coefficient (Wildman–Crippen LogP) is 4.61. The molecule has 0 unspecified atom stereocenters. The van der Waals surface area contributed by atoms with Gasteiger partial charge in [0.1, 0.15) is 0 Å². The molecular formula is C25H31FN6O. The monoisotopic (exact) mass is 450 g/mol. The number of fused-ring (bicyclic) bond motifs is 1. The molecule has 2 aromatic heterocycles. The molecule has 1 aromatic carbocycles. The van der Waals surface area contributed by atoms with E-state index < -0.39 is 5.82 Å². The molecular weight excluding hydrogens is 419 g/mol. The second kappa shape index (κ2) is 8.94. The molecule has 0 amide bonds. The first kappa shape index (κ1) is 22.9. The number of benzene rings is 1. The van der Waals surface area contributed by atoms with Gasteiger partial charge in [0.25, 0.3) is 0 Å². The molecule has 0 aliphatic carbocycles. The lowest BCUT2D eigenvalue weighted by Crippen LogP contribution is -2.47. The maximum absolute atomic E-state index is 14.2. The maximum Gasteiger partial charge on any atom is 0.167 e. The molecule has 0 saturated carbocycles. The highest BCUT2D eigenvalue weighted by atomic mass is 19.1. The van der Waals surface area contributed by atoms with Crippen LogP contribution in [-0.4, -0.2) is 47.1 Å². The smallest absolute Gasteiger partial charge is 0.167 e. The Balaban J connectivity index is 1.66. The molecule has 1 aliphatic heterocycles. The zero-order valence-electron chi connectivity index (χ0n) is 19.7. The summed E-state index contributed by atoms with van der Waals surface area (Å²) in [5.74, 6) is 0.176. The van der Waals surface area contributed by atoms with Crippen LogP contribution in [0, 0.1) is 11.7 Å². The van der Waals surface area contributed by atoms with Crippen LogP contribution in [0.2, 0.25) is 0 Å². The lowest BCUT2D eigenvalue weighted by Gasteiger charge is -2.39. The third-order valence-electron chi connectivity index (χ3n) is 6.56. The molecule has 7 nitrogen and oxygen atoms in total. The molecule has 8 heteroatoms. The van der Waals surface area contributed by atoms with Crippen LogP contribution in [0.1, 0.15) is 44.7 Å². The normalized spacial score (nSPS) is 15.8. The first-order valence-electron chi connectivity index (χ1n) is 11.1. The summed E-state index contributed by atoms with van der Waals surface area (Å²) in [7, 11) is 1.44. The number of nitrogens with zero attached hydrogens (tertiary/aromatic N) is 5.